The standard InChI is InChI=1S/C22H20N4O4S/c1-11-18-12(2)23-20(17-6-5-9-30-17)26-22(18)31-19(11)21(28)25-14-7-8-16(29-4)15(10-14)24-13(3)27/h5-10H,1-4H3,(H,24,27)(H,25,28). The Morgan fingerprint density at radius 2 is 1.94 bits per heavy atom. The quantitative estimate of drug-likeness (QED) is 0.466. The minimum atomic E-state index is -0.265. The summed E-state index contributed by atoms with van der Waals surface area (Å²) in [7, 11) is 1.51. The summed E-state index contributed by atoms with van der Waals surface area (Å²) in [5.74, 6) is 1.06. The number of anilines is 2. The molecule has 4 aromatic rings. The van der Waals surface area contributed by atoms with Crippen molar-refractivity contribution in [1.82, 2.24) is 9.97 Å². The highest BCUT2D eigenvalue weighted by atomic mass is 32.1. The number of aryl methyl sites for hydroxylation is 2. The smallest absolute Gasteiger partial charge is 0.266 e. The van der Waals surface area contributed by atoms with Gasteiger partial charge < -0.3 is 19.8 Å². The van der Waals surface area contributed by atoms with Gasteiger partial charge in [-0.2, -0.15) is 0 Å². The van der Waals surface area contributed by atoms with E-state index in [-0.39, 0.29) is 11.8 Å². The van der Waals surface area contributed by atoms with Gasteiger partial charge in [-0.3, -0.25) is 9.59 Å². The number of rotatable bonds is 5. The molecular weight excluding hydrogens is 416 g/mol. The third-order valence-corrected chi connectivity index (χ3v) is 5.87. The van der Waals surface area contributed by atoms with Crippen LogP contribution in [0.15, 0.2) is 41.0 Å². The molecule has 0 aliphatic heterocycles. The summed E-state index contributed by atoms with van der Waals surface area (Å²) in [5, 5.41) is 6.44. The van der Waals surface area contributed by atoms with Crippen molar-refractivity contribution in [2.24, 2.45) is 0 Å². The largest absolute Gasteiger partial charge is 0.495 e. The molecule has 0 aliphatic carbocycles. The van der Waals surface area contributed by atoms with Crippen LogP contribution >= 0.6 is 11.3 Å². The number of hydrogen-bond donors (Lipinski definition) is 2. The van der Waals surface area contributed by atoms with Crippen molar-refractivity contribution in [2.75, 3.05) is 17.7 Å². The van der Waals surface area contributed by atoms with E-state index in [4.69, 9.17) is 9.15 Å². The van der Waals surface area contributed by atoms with Crippen molar-refractivity contribution in [1.29, 1.82) is 0 Å². The van der Waals surface area contributed by atoms with Crippen LogP contribution in [0.3, 0.4) is 0 Å². The van der Waals surface area contributed by atoms with Gasteiger partial charge in [0.2, 0.25) is 5.91 Å². The van der Waals surface area contributed by atoms with Gasteiger partial charge in [-0.1, -0.05) is 0 Å². The van der Waals surface area contributed by atoms with Crippen LogP contribution in [0.2, 0.25) is 0 Å². The monoisotopic (exact) mass is 436 g/mol. The lowest BCUT2D eigenvalue weighted by Gasteiger charge is -2.11. The van der Waals surface area contributed by atoms with Crippen molar-refractivity contribution < 1.29 is 18.7 Å². The zero-order valence-corrected chi connectivity index (χ0v) is 18.2. The first-order valence-corrected chi connectivity index (χ1v) is 10.3. The molecule has 3 aromatic heterocycles. The second-order valence-electron chi connectivity index (χ2n) is 6.90. The molecule has 9 heteroatoms. The molecule has 2 amide bonds. The zero-order valence-electron chi connectivity index (χ0n) is 17.4. The molecule has 0 unspecified atom stereocenters. The molecule has 0 saturated carbocycles. The molecule has 4 rings (SSSR count). The van der Waals surface area contributed by atoms with Gasteiger partial charge >= 0.3 is 0 Å². The number of methoxy groups -OCH3 is 1. The van der Waals surface area contributed by atoms with Gasteiger partial charge in [-0.25, -0.2) is 9.97 Å². The molecular formula is C22H20N4O4S. The van der Waals surface area contributed by atoms with E-state index in [9.17, 15) is 9.59 Å². The Morgan fingerprint density at radius 3 is 2.61 bits per heavy atom. The summed E-state index contributed by atoms with van der Waals surface area (Å²) in [5.41, 5.74) is 2.61. The summed E-state index contributed by atoms with van der Waals surface area (Å²) in [4.78, 5) is 34.9. The Balaban J connectivity index is 1.67. The van der Waals surface area contributed by atoms with Crippen LogP contribution in [-0.2, 0) is 4.79 Å². The van der Waals surface area contributed by atoms with E-state index in [0.29, 0.717) is 33.6 Å². The van der Waals surface area contributed by atoms with Crippen LogP contribution in [0.1, 0.15) is 27.9 Å². The molecule has 2 N–H and O–H groups in total. The van der Waals surface area contributed by atoms with Crippen molar-refractivity contribution in [3.05, 3.63) is 52.7 Å². The Labute approximate surface area is 182 Å². The Hall–Kier alpha value is -3.72. The van der Waals surface area contributed by atoms with Crippen LogP contribution in [0.4, 0.5) is 11.4 Å². The number of nitrogens with zero attached hydrogens (tertiary/aromatic N) is 2. The summed E-state index contributed by atoms with van der Waals surface area (Å²) in [6, 6.07) is 8.63. The summed E-state index contributed by atoms with van der Waals surface area (Å²) in [6.45, 7) is 5.18. The molecule has 8 nitrogen and oxygen atoms in total. The minimum absolute atomic E-state index is 0.233. The van der Waals surface area contributed by atoms with Gasteiger partial charge in [-0.15, -0.1) is 11.3 Å². The lowest BCUT2D eigenvalue weighted by atomic mass is 10.1. The zero-order chi connectivity index (χ0) is 22.1. The van der Waals surface area contributed by atoms with E-state index in [0.717, 1.165) is 21.5 Å². The predicted octanol–water partition coefficient (Wildman–Crippen LogP) is 4.79. The summed E-state index contributed by atoms with van der Waals surface area (Å²) >= 11 is 1.30. The fourth-order valence-corrected chi connectivity index (χ4v) is 4.46. The average Bonchev–Trinajstić information content (AvgIpc) is 3.36. The number of furan rings is 1. The highest BCUT2D eigenvalue weighted by Crippen LogP contribution is 2.34. The first kappa shape index (κ1) is 20.5. The molecule has 31 heavy (non-hydrogen) atoms. The van der Waals surface area contributed by atoms with Gasteiger partial charge in [0, 0.05) is 18.0 Å². The third-order valence-electron chi connectivity index (χ3n) is 4.69. The van der Waals surface area contributed by atoms with Gasteiger partial charge in [-0.05, 0) is 49.7 Å². The molecule has 1 aromatic carbocycles. The maximum Gasteiger partial charge on any atom is 0.266 e. The SMILES string of the molecule is COc1ccc(NC(=O)c2sc3nc(-c4ccco4)nc(C)c3c2C)cc1NC(C)=O. The van der Waals surface area contributed by atoms with Crippen LogP contribution in [0.25, 0.3) is 21.8 Å². The number of nitrogens with one attached hydrogen (secondary N) is 2. The molecule has 0 radical (unpaired) electrons. The number of amides is 2. The summed E-state index contributed by atoms with van der Waals surface area (Å²) in [6.07, 6.45) is 1.57. The van der Waals surface area contributed by atoms with Gasteiger partial charge in [0.25, 0.3) is 5.91 Å². The topological polar surface area (TPSA) is 106 Å². The molecule has 0 atom stereocenters. The van der Waals surface area contributed by atoms with Crippen molar-refractivity contribution in [2.45, 2.75) is 20.8 Å². The maximum atomic E-state index is 13.0. The molecule has 3 heterocycles. The highest BCUT2D eigenvalue weighted by Gasteiger charge is 2.20. The summed E-state index contributed by atoms with van der Waals surface area (Å²) < 4.78 is 10.7. The van der Waals surface area contributed by atoms with E-state index < -0.39 is 0 Å². The van der Waals surface area contributed by atoms with E-state index in [2.05, 4.69) is 20.6 Å². The average molecular weight is 436 g/mol. The fraction of sp³-hybridized carbons (Fsp3) is 0.182. The number of carbonyl (C=O) groups is 2. The lowest BCUT2D eigenvalue weighted by Crippen LogP contribution is -2.12. The number of carbonyl (C=O) groups excluding carboxylic acids is 2. The highest BCUT2D eigenvalue weighted by molar-refractivity contribution is 7.20. The van der Waals surface area contributed by atoms with Crippen molar-refractivity contribution >= 4 is 44.7 Å². The van der Waals surface area contributed by atoms with Crippen LogP contribution in [0.5, 0.6) is 5.75 Å². The van der Waals surface area contributed by atoms with Crippen LogP contribution < -0.4 is 15.4 Å². The van der Waals surface area contributed by atoms with E-state index >= 15 is 0 Å². The Morgan fingerprint density at radius 1 is 1.13 bits per heavy atom. The molecule has 0 fully saturated rings. The minimum Gasteiger partial charge on any atom is -0.495 e. The van der Waals surface area contributed by atoms with Crippen LogP contribution in [0, 0.1) is 13.8 Å². The molecule has 0 aliphatic rings. The molecule has 158 valence electrons. The Kier molecular flexibility index (Phi) is 5.43. The second-order valence-corrected chi connectivity index (χ2v) is 7.90. The number of benzene rings is 1. The van der Waals surface area contributed by atoms with Crippen LogP contribution in [-0.4, -0.2) is 28.9 Å². The lowest BCUT2D eigenvalue weighted by molar-refractivity contribution is -0.114. The van der Waals surface area contributed by atoms with Crippen molar-refractivity contribution in [3.8, 4) is 17.3 Å². The Bertz CT molecular complexity index is 1290. The first-order valence-electron chi connectivity index (χ1n) is 9.46. The van der Waals surface area contributed by atoms with Gasteiger partial charge in [0.15, 0.2) is 11.6 Å². The van der Waals surface area contributed by atoms with Crippen molar-refractivity contribution in [3.63, 3.8) is 0 Å². The fourth-order valence-electron chi connectivity index (χ4n) is 3.33. The molecule has 0 saturated heterocycles. The second kappa shape index (κ2) is 8.19. The number of thiophene rings is 1. The normalized spacial score (nSPS) is 10.8. The predicted molar refractivity (Wildman–Crippen MR) is 120 cm³/mol. The first-order chi connectivity index (χ1) is 14.9. The maximum absolute atomic E-state index is 13.0. The van der Waals surface area contributed by atoms with E-state index in [1.54, 1.807) is 36.6 Å². The number of fused-ring (bicyclic) bond motifs is 1. The molecule has 0 bridgehead atoms. The number of aromatic nitrogens is 2. The number of ether oxygens (including phenoxy) is 1. The molecule has 0 spiro atoms. The van der Waals surface area contributed by atoms with Gasteiger partial charge in [0.1, 0.15) is 10.6 Å². The van der Waals surface area contributed by atoms with E-state index in [1.807, 2.05) is 13.8 Å². The number of hydrogen-bond acceptors (Lipinski definition) is 7. The van der Waals surface area contributed by atoms with E-state index in [1.165, 1.54) is 25.4 Å². The third kappa shape index (κ3) is 3.99. The van der Waals surface area contributed by atoms with Gasteiger partial charge in [0.05, 0.1) is 29.6 Å².